The van der Waals surface area contributed by atoms with E-state index in [1.54, 1.807) is 4.57 Å². The quantitative estimate of drug-likeness (QED) is 0.883. The second-order valence-corrected chi connectivity index (χ2v) is 7.13. The monoisotopic (exact) mass is 332 g/mol. The van der Waals surface area contributed by atoms with Crippen molar-refractivity contribution in [2.45, 2.75) is 52.6 Å². The molecule has 0 aliphatic heterocycles. The molecule has 1 N–H and O–H groups in total. The predicted octanol–water partition coefficient (Wildman–Crippen LogP) is 3.23. The molecule has 0 radical (unpaired) electrons. The number of rotatable bonds is 6. The number of aryl methyl sites for hydroxylation is 1. The van der Waals surface area contributed by atoms with E-state index in [4.69, 9.17) is 0 Å². The molecule has 0 aliphatic carbocycles. The Morgan fingerprint density at radius 2 is 1.87 bits per heavy atom. The Labute approximate surface area is 141 Å². The summed E-state index contributed by atoms with van der Waals surface area (Å²) in [5.41, 5.74) is 2.17. The van der Waals surface area contributed by atoms with Gasteiger partial charge in [-0.25, -0.2) is 0 Å². The third-order valence-corrected chi connectivity index (χ3v) is 5.40. The van der Waals surface area contributed by atoms with Gasteiger partial charge >= 0.3 is 4.87 Å². The van der Waals surface area contributed by atoms with E-state index in [1.807, 2.05) is 39.0 Å². The zero-order valence-corrected chi connectivity index (χ0v) is 14.9. The summed E-state index contributed by atoms with van der Waals surface area (Å²) in [6, 6.07) is 10.2. The minimum Gasteiger partial charge on any atom is -0.353 e. The Hall–Kier alpha value is -1.88. The van der Waals surface area contributed by atoms with Crippen LogP contribution in [-0.4, -0.2) is 16.5 Å². The summed E-state index contributed by atoms with van der Waals surface area (Å²) in [4.78, 5) is 25.0. The van der Waals surface area contributed by atoms with Crippen molar-refractivity contribution in [2.24, 2.45) is 0 Å². The van der Waals surface area contributed by atoms with Crippen molar-refractivity contribution in [1.82, 2.24) is 9.88 Å². The fourth-order valence-corrected chi connectivity index (χ4v) is 3.41. The lowest BCUT2D eigenvalue weighted by molar-refractivity contribution is -0.122. The molecule has 0 spiro atoms. The largest absolute Gasteiger partial charge is 0.353 e. The molecular weight excluding hydrogens is 308 g/mol. The molecule has 2 aromatic rings. The number of aromatic nitrogens is 1. The number of hydrogen-bond acceptors (Lipinski definition) is 3. The number of amides is 1. The Bertz CT molecular complexity index is 718. The molecular formula is C18H24N2O2S. The third-order valence-electron chi connectivity index (χ3n) is 4.40. The molecule has 5 heteroatoms. The smallest absolute Gasteiger partial charge is 0.307 e. The van der Waals surface area contributed by atoms with E-state index in [1.165, 1.54) is 16.9 Å². The molecule has 23 heavy (non-hydrogen) atoms. The van der Waals surface area contributed by atoms with Gasteiger partial charge in [0.25, 0.3) is 0 Å². The molecule has 2 atom stereocenters. The highest BCUT2D eigenvalue weighted by molar-refractivity contribution is 7.09. The average molecular weight is 332 g/mol. The maximum atomic E-state index is 12.2. The van der Waals surface area contributed by atoms with E-state index in [0.29, 0.717) is 13.0 Å². The highest BCUT2D eigenvalue weighted by atomic mass is 32.1. The topological polar surface area (TPSA) is 51.1 Å². The second kappa shape index (κ2) is 7.59. The maximum absolute atomic E-state index is 12.2. The molecule has 1 aromatic heterocycles. The molecule has 2 rings (SSSR count). The van der Waals surface area contributed by atoms with E-state index in [-0.39, 0.29) is 22.7 Å². The van der Waals surface area contributed by atoms with Crippen LogP contribution in [0.2, 0.25) is 0 Å². The number of hydrogen-bond donors (Lipinski definition) is 1. The van der Waals surface area contributed by atoms with E-state index >= 15 is 0 Å². The van der Waals surface area contributed by atoms with Crippen LogP contribution in [0.25, 0.3) is 0 Å². The van der Waals surface area contributed by atoms with Gasteiger partial charge in [0.05, 0.1) is 0 Å². The molecule has 0 aliphatic rings. The third kappa shape index (κ3) is 4.32. The van der Waals surface area contributed by atoms with Gasteiger partial charge in [-0.3, -0.25) is 9.59 Å². The Morgan fingerprint density at radius 3 is 2.43 bits per heavy atom. The van der Waals surface area contributed by atoms with Crippen molar-refractivity contribution in [3.63, 3.8) is 0 Å². The molecule has 0 fully saturated rings. The fourth-order valence-electron chi connectivity index (χ4n) is 2.56. The Kier molecular flexibility index (Phi) is 5.77. The highest BCUT2D eigenvalue weighted by Crippen LogP contribution is 2.18. The van der Waals surface area contributed by atoms with Crippen LogP contribution >= 0.6 is 11.3 Å². The normalized spacial score (nSPS) is 13.6. The minimum absolute atomic E-state index is 0.0125. The van der Waals surface area contributed by atoms with Crippen LogP contribution in [-0.2, 0) is 11.3 Å². The zero-order valence-electron chi connectivity index (χ0n) is 14.1. The van der Waals surface area contributed by atoms with Gasteiger partial charge in [-0.2, -0.15) is 0 Å². The van der Waals surface area contributed by atoms with Crippen LogP contribution in [0.3, 0.4) is 0 Å². The van der Waals surface area contributed by atoms with Crippen molar-refractivity contribution < 1.29 is 4.79 Å². The van der Waals surface area contributed by atoms with Gasteiger partial charge in [0.1, 0.15) is 0 Å². The van der Waals surface area contributed by atoms with Gasteiger partial charge in [0.2, 0.25) is 5.91 Å². The first-order valence-electron chi connectivity index (χ1n) is 7.91. The van der Waals surface area contributed by atoms with Gasteiger partial charge in [0, 0.05) is 35.5 Å². The summed E-state index contributed by atoms with van der Waals surface area (Å²) in [7, 11) is 0. The highest BCUT2D eigenvalue weighted by Gasteiger charge is 2.17. The predicted molar refractivity (Wildman–Crippen MR) is 95.1 cm³/mol. The van der Waals surface area contributed by atoms with Crippen molar-refractivity contribution in [1.29, 1.82) is 0 Å². The molecule has 0 saturated heterocycles. The van der Waals surface area contributed by atoms with E-state index in [9.17, 15) is 9.59 Å². The summed E-state index contributed by atoms with van der Waals surface area (Å²) in [5.74, 6) is 0.225. The lowest BCUT2D eigenvalue weighted by Gasteiger charge is -2.22. The van der Waals surface area contributed by atoms with Crippen LogP contribution in [0, 0.1) is 13.8 Å². The van der Waals surface area contributed by atoms with Crippen molar-refractivity contribution in [2.75, 3.05) is 0 Å². The lowest BCUT2D eigenvalue weighted by atomic mass is 9.94. The number of carbonyl (C=O) groups is 1. The minimum atomic E-state index is -0.0181. The van der Waals surface area contributed by atoms with Crippen LogP contribution < -0.4 is 10.2 Å². The molecule has 0 bridgehead atoms. The van der Waals surface area contributed by atoms with E-state index in [2.05, 4.69) is 24.4 Å². The molecule has 0 saturated carbocycles. The molecule has 124 valence electrons. The van der Waals surface area contributed by atoms with Gasteiger partial charge in [0.15, 0.2) is 0 Å². The van der Waals surface area contributed by atoms with Gasteiger partial charge in [-0.1, -0.05) is 48.6 Å². The van der Waals surface area contributed by atoms with Crippen LogP contribution in [0.4, 0.5) is 0 Å². The van der Waals surface area contributed by atoms with E-state index in [0.717, 1.165) is 10.6 Å². The molecule has 2 unspecified atom stereocenters. The summed E-state index contributed by atoms with van der Waals surface area (Å²) in [5, 5.41) is 3.04. The molecule has 4 nitrogen and oxygen atoms in total. The van der Waals surface area contributed by atoms with Crippen LogP contribution in [0.15, 0.2) is 35.1 Å². The first-order chi connectivity index (χ1) is 10.9. The van der Waals surface area contributed by atoms with E-state index < -0.39 is 0 Å². The number of thiazole rings is 1. The average Bonchev–Trinajstić information content (AvgIpc) is 2.78. The molecule has 1 aromatic carbocycles. The summed E-state index contributed by atoms with van der Waals surface area (Å²) in [6.07, 6.45) is 0.322. The van der Waals surface area contributed by atoms with Gasteiger partial charge in [-0.05, 0) is 26.3 Å². The fraction of sp³-hybridized carbons (Fsp3) is 0.444. The Balaban J connectivity index is 1.90. The number of carbonyl (C=O) groups excluding carboxylic acids is 1. The first kappa shape index (κ1) is 17.5. The standard InChI is InChI=1S/C18H24N2O2S/c1-12(16-8-6-5-7-9-16)13(2)19-17(21)10-11-20-14(3)15(4)23-18(20)22/h5-9,12-13H,10-11H2,1-4H3,(H,19,21). The zero-order chi connectivity index (χ0) is 17.0. The lowest BCUT2D eigenvalue weighted by Crippen LogP contribution is -2.36. The number of nitrogens with one attached hydrogen (secondary N) is 1. The summed E-state index contributed by atoms with van der Waals surface area (Å²) >= 11 is 1.24. The van der Waals surface area contributed by atoms with Crippen molar-refractivity contribution >= 4 is 17.2 Å². The second-order valence-electron chi connectivity index (χ2n) is 5.97. The first-order valence-corrected chi connectivity index (χ1v) is 8.73. The maximum Gasteiger partial charge on any atom is 0.307 e. The van der Waals surface area contributed by atoms with Crippen molar-refractivity contribution in [3.8, 4) is 0 Å². The van der Waals surface area contributed by atoms with Crippen LogP contribution in [0.1, 0.15) is 42.3 Å². The van der Waals surface area contributed by atoms with Crippen LogP contribution in [0.5, 0.6) is 0 Å². The van der Waals surface area contributed by atoms with Gasteiger partial charge in [-0.15, -0.1) is 0 Å². The summed E-state index contributed by atoms with van der Waals surface area (Å²) < 4.78 is 1.69. The number of benzene rings is 1. The van der Waals surface area contributed by atoms with Crippen molar-refractivity contribution in [3.05, 3.63) is 56.1 Å². The SMILES string of the molecule is Cc1sc(=O)n(CCC(=O)NC(C)C(C)c2ccccc2)c1C. The van der Waals surface area contributed by atoms with Gasteiger partial charge < -0.3 is 9.88 Å². The Morgan fingerprint density at radius 1 is 1.22 bits per heavy atom. The molecule has 1 heterocycles. The number of nitrogens with zero attached hydrogens (tertiary/aromatic N) is 1. The summed E-state index contributed by atoms with van der Waals surface area (Å²) in [6.45, 7) is 8.42. The molecule has 1 amide bonds.